The quantitative estimate of drug-likeness (QED) is 0.386. The molecule has 12 heteroatoms. The molecule has 1 aliphatic rings. The lowest BCUT2D eigenvalue weighted by atomic mass is 10.1. The molecule has 29 heavy (non-hydrogen) atoms. The molecule has 1 N–H and O–H groups in total. The van der Waals surface area contributed by atoms with Crippen LogP contribution in [0.2, 0.25) is 5.02 Å². The molecule has 0 atom stereocenters. The summed E-state index contributed by atoms with van der Waals surface area (Å²) in [5, 5.41) is 12.7. The van der Waals surface area contributed by atoms with Gasteiger partial charge in [0.15, 0.2) is 0 Å². The highest BCUT2D eigenvalue weighted by Crippen LogP contribution is 2.39. The van der Waals surface area contributed by atoms with Crippen molar-refractivity contribution in [3.05, 3.63) is 67.6 Å². The molecule has 2 amide bonds. The van der Waals surface area contributed by atoms with Crippen LogP contribution in [0.5, 0.6) is 11.5 Å². The molecule has 0 unspecified atom stereocenters. The van der Waals surface area contributed by atoms with Crippen LogP contribution in [-0.4, -0.2) is 16.1 Å². The Balaban J connectivity index is 1.89. The molecule has 0 bridgehead atoms. The number of nitro benzene ring substituents is 1. The standard InChI is InChI=1S/C17H8ClF3N2O5S/c18-10-5-8(6-14-15(24)22-16(25)29-14)1-3-12(10)28-13-4-2-9(17(19,20)21)7-11(13)23(26)27/h1-7H,(H,22,24,25). The summed E-state index contributed by atoms with van der Waals surface area (Å²) in [6.45, 7) is 0. The van der Waals surface area contributed by atoms with Gasteiger partial charge in [-0.2, -0.15) is 13.2 Å². The number of benzene rings is 2. The molecule has 1 aliphatic heterocycles. The molecular formula is C17H8ClF3N2O5S. The number of carbonyl (C=O) groups excluding carboxylic acids is 2. The van der Waals surface area contributed by atoms with Crippen LogP contribution in [0.1, 0.15) is 11.1 Å². The number of carbonyl (C=O) groups is 2. The van der Waals surface area contributed by atoms with Crippen molar-refractivity contribution in [3.8, 4) is 11.5 Å². The molecule has 2 aromatic rings. The lowest BCUT2D eigenvalue weighted by Crippen LogP contribution is -2.17. The Morgan fingerprint density at radius 2 is 1.83 bits per heavy atom. The predicted octanol–water partition coefficient (Wildman–Crippen LogP) is 5.38. The summed E-state index contributed by atoms with van der Waals surface area (Å²) >= 11 is 6.80. The van der Waals surface area contributed by atoms with Gasteiger partial charge < -0.3 is 4.74 Å². The van der Waals surface area contributed by atoms with E-state index >= 15 is 0 Å². The lowest BCUT2D eigenvalue weighted by Gasteiger charge is -2.11. The Hall–Kier alpha value is -3.05. The van der Waals surface area contributed by atoms with E-state index in [1.165, 1.54) is 24.3 Å². The molecule has 3 rings (SSSR count). The molecule has 0 aromatic heterocycles. The minimum atomic E-state index is -4.75. The number of ether oxygens (including phenoxy) is 1. The van der Waals surface area contributed by atoms with Gasteiger partial charge in [-0.25, -0.2) is 0 Å². The number of halogens is 4. The third kappa shape index (κ3) is 4.69. The van der Waals surface area contributed by atoms with E-state index in [4.69, 9.17) is 16.3 Å². The smallest absolute Gasteiger partial charge is 0.416 e. The fourth-order valence-corrected chi connectivity index (χ4v) is 3.21. The number of amides is 2. The van der Waals surface area contributed by atoms with E-state index in [9.17, 15) is 32.9 Å². The van der Waals surface area contributed by atoms with Gasteiger partial charge in [0.2, 0.25) is 5.75 Å². The van der Waals surface area contributed by atoms with E-state index in [0.717, 1.165) is 6.07 Å². The molecule has 2 aromatic carbocycles. The van der Waals surface area contributed by atoms with Crippen molar-refractivity contribution in [3.63, 3.8) is 0 Å². The number of hydrogen-bond donors (Lipinski definition) is 1. The maximum Gasteiger partial charge on any atom is 0.416 e. The van der Waals surface area contributed by atoms with Gasteiger partial charge in [0.1, 0.15) is 5.75 Å². The van der Waals surface area contributed by atoms with Gasteiger partial charge in [0, 0.05) is 6.07 Å². The molecule has 0 spiro atoms. The molecule has 1 saturated heterocycles. The van der Waals surface area contributed by atoms with Crippen LogP contribution >= 0.6 is 23.4 Å². The third-order valence-electron chi connectivity index (χ3n) is 3.60. The van der Waals surface area contributed by atoms with Crippen LogP contribution in [-0.2, 0) is 11.0 Å². The second-order valence-electron chi connectivity index (χ2n) is 5.58. The maximum absolute atomic E-state index is 12.8. The number of hydrogen-bond acceptors (Lipinski definition) is 6. The normalized spacial score (nSPS) is 15.5. The first-order chi connectivity index (χ1) is 13.5. The van der Waals surface area contributed by atoms with E-state index in [-0.39, 0.29) is 15.7 Å². The van der Waals surface area contributed by atoms with Gasteiger partial charge in [-0.15, -0.1) is 0 Å². The van der Waals surface area contributed by atoms with Crippen molar-refractivity contribution in [2.24, 2.45) is 0 Å². The van der Waals surface area contributed by atoms with Gasteiger partial charge in [-0.05, 0) is 47.7 Å². The van der Waals surface area contributed by atoms with Gasteiger partial charge in [-0.3, -0.25) is 25.0 Å². The van der Waals surface area contributed by atoms with E-state index < -0.39 is 39.2 Å². The van der Waals surface area contributed by atoms with Crippen LogP contribution in [0.4, 0.5) is 23.7 Å². The average molecular weight is 445 g/mol. The molecule has 0 aliphatic carbocycles. The zero-order valence-corrected chi connectivity index (χ0v) is 15.5. The van der Waals surface area contributed by atoms with Gasteiger partial charge in [-0.1, -0.05) is 17.7 Å². The fourth-order valence-electron chi connectivity index (χ4n) is 2.30. The third-order valence-corrected chi connectivity index (χ3v) is 4.70. The second kappa shape index (κ2) is 7.76. The average Bonchev–Trinajstić information content (AvgIpc) is 2.93. The molecule has 0 saturated carbocycles. The molecule has 1 heterocycles. The summed E-state index contributed by atoms with van der Waals surface area (Å²) in [5.74, 6) is -1.03. The van der Waals surface area contributed by atoms with Crippen molar-refractivity contribution in [2.75, 3.05) is 0 Å². The van der Waals surface area contributed by atoms with Crippen molar-refractivity contribution in [1.29, 1.82) is 0 Å². The van der Waals surface area contributed by atoms with E-state index in [2.05, 4.69) is 5.32 Å². The molecule has 150 valence electrons. The zero-order valence-electron chi connectivity index (χ0n) is 14.0. The summed E-state index contributed by atoms with van der Waals surface area (Å²) in [7, 11) is 0. The number of nitrogens with zero attached hydrogens (tertiary/aromatic N) is 1. The number of alkyl halides is 3. The summed E-state index contributed by atoms with van der Waals surface area (Å²) in [5.41, 5.74) is -1.62. The number of nitro groups is 1. The predicted molar refractivity (Wildman–Crippen MR) is 98.7 cm³/mol. The van der Waals surface area contributed by atoms with Gasteiger partial charge in [0.25, 0.3) is 11.1 Å². The molecule has 1 fully saturated rings. The summed E-state index contributed by atoms with van der Waals surface area (Å²) < 4.78 is 43.7. The Labute approximate surface area is 169 Å². The first kappa shape index (κ1) is 20.7. The van der Waals surface area contributed by atoms with Crippen molar-refractivity contribution >= 4 is 46.3 Å². The van der Waals surface area contributed by atoms with E-state index in [1.807, 2.05) is 0 Å². The SMILES string of the molecule is O=C1NC(=O)C(=Cc2ccc(Oc3ccc(C(F)(F)F)cc3[N+](=O)[O-])c(Cl)c2)S1. The lowest BCUT2D eigenvalue weighted by molar-refractivity contribution is -0.385. The van der Waals surface area contributed by atoms with Crippen LogP contribution in [0.15, 0.2) is 41.3 Å². The number of imide groups is 1. The van der Waals surface area contributed by atoms with Gasteiger partial charge >= 0.3 is 11.9 Å². The molecule has 0 radical (unpaired) electrons. The summed E-state index contributed by atoms with van der Waals surface area (Å²) in [4.78, 5) is 33.0. The van der Waals surface area contributed by atoms with E-state index in [1.54, 1.807) is 0 Å². The zero-order chi connectivity index (χ0) is 21.3. The van der Waals surface area contributed by atoms with E-state index in [0.29, 0.717) is 29.5 Å². The fraction of sp³-hybridized carbons (Fsp3) is 0.0588. The number of rotatable bonds is 4. The van der Waals surface area contributed by atoms with Gasteiger partial charge in [0.05, 0.1) is 20.4 Å². The van der Waals surface area contributed by atoms with Crippen LogP contribution in [0, 0.1) is 10.1 Å². The van der Waals surface area contributed by atoms with Crippen molar-refractivity contribution < 1.29 is 32.4 Å². The first-order valence-corrected chi connectivity index (χ1v) is 8.82. The highest BCUT2D eigenvalue weighted by Gasteiger charge is 2.33. The highest BCUT2D eigenvalue weighted by atomic mass is 35.5. The van der Waals surface area contributed by atoms with Crippen LogP contribution in [0.25, 0.3) is 6.08 Å². The second-order valence-corrected chi connectivity index (χ2v) is 7.00. The summed E-state index contributed by atoms with van der Waals surface area (Å²) in [6.07, 6.45) is -3.34. The number of nitrogens with one attached hydrogen (secondary N) is 1. The highest BCUT2D eigenvalue weighted by molar-refractivity contribution is 8.18. The van der Waals surface area contributed by atoms with Crippen LogP contribution in [0.3, 0.4) is 0 Å². The maximum atomic E-state index is 12.8. The first-order valence-electron chi connectivity index (χ1n) is 7.62. The van der Waals surface area contributed by atoms with Crippen LogP contribution < -0.4 is 10.1 Å². The summed E-state index contributed by atoms with van der Waals surface area (Å²) in [6, 6.07) is 6.02. The minimum Gasteiger partial charge on any atom is -0.449 e. The Kier molecular flexibility index (Phi) is 5.53. The van der Waals surface area contributed by atoms with Crippen molar-refractivity contribution in [1.82, 2.24) is 5.32 Å². The van der Waals surface area contributed by atoms with Crippen molar-refractivity contribution in [2.45, 2.75) is 6.18 Å². The number of thioether (sulfide) groups is 1. The topological polar surface area (TPSA) is 98.5 Å². The Morgan fingerprint density at radius 1 is 1.14 bits per heavy atom. The molecular weight excluding hydrogens is 437 g/mol. The monoisotopic (exact) mass is 444 g/mol. The Bertz CT molecular complexity index is 1070. The Morgan fingerprint density at radius 3 is 2.38 bits per heavy atom. The molecule has 7 nitrogen and oxygen atoms in total. The minimum absolute atomic E-state index is 0.0109. The largest absolute Gasteiger partial charge is 0.449 e.